The molecule has 0 aliphatic carbocycles. The minimum atomic E-state index is 0.600. The van der Waals surface area contributed by atoms with Gasteiger partial charge in [-0.3, -0.25) is 0 Å². The van der Waals surface area contributed by atoms with Gasteiger partial charge in [-0.2, -0.15) is 4.37 Å². The highest BCUT2D eigenvalue weighted by molar-refractivity contribution is 7.09. The fourth-order valence-corrected chi connectivity index (χ4v) is 1.54. The van der Waals surface area contributed by atoms with E-state index in [-0.39, 0.29) is 0 Å². The number of nitrogens with zero attached hydrogens (tertiary/aromatic N) is 2. The third kappa shape index (κ3) is 2.95. The van der Waals surface area contributed by atoms with Crippen LogP contribution in [0.1, 0.15) is 19.2 Å². The fraction of sp³-hybridized carbons (Fsp3) is 0.714. The van der Waals surface area contributed by atoms with Gasteiger partial charge in [0.2, 0.25) is 5.13 Å². The summed E-state index contributed by atoms with van der Waals surface area (Å²) >= 11 is 6.91. The van der Waals surface area contributed by atoms with E-state index < -0.39 is 0 Å². The molecule has 0 aromatic carbocycles. The molecule has 0 spiro atoms. The Hall–Kier alpha value is -0.350. The molecule has 1 heterocycles. The maximum atomic E-state index is 5.51. The maximum Gasteiger partial charge on any atom is 0.202 e. The van der Waals surface area contributed by atoms with Crippen LogP contribution in [0.25, 0.3) is 0 Å². The average Bonchev–Trinajstić information content (AvgIpc) is 2.50. The quantitative estimate of drug-likeness (QED) is 0.749. The van der Waals surface area contributed by atoms with Crippen molar-refractivity contribution in [3.8, 4) is 0 Å². The minimum Gasteiger partial charge on any atom is -0.359 e. The molecule has 0 unspecified atom stereocenters. The van der Waals surface area contributed by atoms with Gasteiger partial charge in [0.05, 0.1) is 0 Å². The van der Waals surface area contributed by atoms with Crippen molar-refractivity contribution in [1.82, 2.24) is 9.36 Å². The lowest BCUT2D eigenvalue weighted by Gasteiger charge is -1.94. The van der Waals surface area contributed by atoms with Gasteiger partial charge in [-0.25, -0.2) is 4.98 Å². The van der Waals surface area contributed by atoms with Crippen molar-refractivity contribution in [1.29, 1.82) is 0 Å². The van der Waals surface area contributed by atoms with E-state index >= 15 is 0 Å². The molecule has 5 heteroatoms. The molecule has 0 amide bonds. The lowest BCUT2D eigenvalue weighted by molar-refractivity contribution is 0.861. The van der Waals surface area contributed by atoms with Crippen LogP contribution in [0.5, 0.6) is 0 Å². The van der Waals surface area contributed by atoms with Gasteiger partial charge in [0.25, 0.3) is 0 Å². The van der Waals surface area contributed by atoms with Crippen LogP contribution in [0.15, 0.2) is 0 Å². The largest absolute Gasteiger partial charge is 0.359 e. The summed E-state index contributed by atoms with van der Waals surface area (Å²) < 4.78 is 4.18. The second kappa shape index (κ2) is 5.32. The van der Waals surface area contributed by atoms with E-state index in [0.717, 1.165) is 30.3 Å². The summed E-state index contributed by atoms with van der Waals surface area (Å²) in [6.07, 6.45) is 2.05. The van der Waals surface area contributed by atoms with Crippen LogP contribution in [0.4, 0.5) is 5.13 Å². The van der Waals surface area contributed by atoms with E-state index in [1.165, 1.54) is 11.5 Å². The van der Waals surface area contributed by atoms with Gasteiger partial charge in [0.15, 0.2) is 0 Å². The summed E-state index contributed by atoms with van der Waals surface area (Å²) in [5.41, 5.74) is 0. The molecular weight excluding hydrogens is 194 g/mol. The van der Waals surface area contributed by atoms with Crippen LogP contribution in [0.2, 0.25) is 0 Å². The molecule has 0 radical (unpaired) electrons. The molecule has 0 aliphatic heterocycles. The molecule has 1 aromatic rings. The molecule has 1 rings (SSSR count). The number of aromatic nitrogens is 2. The molecule has 0 saturated carbocycles. The molecular formula is C7H12ClN3S. The van der Waals surface area contributed by atoms with E-state index in [1.807, 2.05) is 0 Å². The Labute approximate surface area is 81.3 Å². The smallest absolute Gasteiger partial charge is 0.202 e. The molecule has 1 N–H and O–H groups in total. The van der Waals surface area contributed by atoms with Crippen LogP contribution in [0, 0.1) is 0 Å². The monoisotopic (exact) mass is 205 g/mol. The lowest BCUT2D eigenvalue weighted by atomic mass is 10.3. The number of nitrogens with one attached hydrogen (secondary N) is 1. The van der Waals surface area contributed by atoms with Gasteiger partial charge in [-0.05, 0) is 6.42 Å². The summed E-state index contributed by atoms with van der Waals surface area (Å²) in [7, 11) is 0. The highest BCUT2D eigenvalue weighted by atomic mass is 35.5. The molecule has 0 atom stereocenters. The fourth-order valence-electron chi connectivity index (χ4n) is 0.805. The van der Waals surface area contributed by atoms with Gasteiger partial charge >= 0.3 is 0 Å². The van der Waals surface area contributed by atoms with Crippen molar-refractivity contribution in [2.75, 3.05) is 17.7 Å². The van der Waals surface area contributed by atoms with Gasteiger partial charge < -0.3 is 5.32 Å². The highest BCUT2D eigenvalue weighted by Crippen LogP contribution is 2.11. The number of hydrogen-bond donors (Lipinski definition) is 1. The first kappa shape index (κ1) is 9.74. The number of aryl methyl sites for hydroxylation is 1. The van der Waals surface area contributed by atoms with Crippen molar-refractivity contribution in [3.63, 3.8) is 0 Å². The average molecular weight is 206 g/mol. The Bertz CT molecular complexity index is 226. The van der Waals surface area contributed by atoms with Crippen molar-refractivity contribution >= 4 is 28.3 Å². The molecule has 0 aliphatic rings. The van der Waals surface area contributed by atoms with Gasteiger partial charge in [-0.1, -0.05) is 6.92 Å². The molecule has 3 nitrogen and oxygen atoms in total. The zero-order valence-corrected chi connectivity index (χ0v) is 8.58. The molecule has 0 fully saturated rings. The zero-order valence-electron chi connectivity index (χ0n) is 7.01. The van der Waals surface area contributed by atoms with Crippen LogP contribution in [-0.4, -0.2) is 21.8 Å². The zero-order chi connectivity index (χ0) is 8.81. The van der Waals surface area contributed by atoms with E-state index in [9.17, 15) is 0 Å². The van der Waals surface area contributed by atoms with E-state index in [2.05, 4.69) is 21.6 Å². The summed E-state index contributed by atoms with van der Waals surface area (Å²) in [6.45, 7) is 2.87. The molecule has 12 heavy (non-hydrogen) atoms. The number of rotatable bonds is 5. The summed E-state index contributed by atoms with van der Waals surface area (Å²) in [6, 6.07) is 0. The highest BCUT2D eigenvalue weighted by Gasteiger charge is 2.00. The van der Waals surface area contributed by atoms with E-state index in [4.69, 9.17) is 11.6 Å². The standard InChI is InChI=1S/C7H12ClN3S/c1-2-3-6-10-7(12-11-6)9-5-4-8/h2-5H2,1H3,(H,9,10,11). The van der Waals surface area contributed by atoms with Crippen LogP contribution in [-0.2, 0) is 6.42 Å². The number of hydrogen-bond acceptors (Lipinski definition) is 4. The maximum absolute atomic E-state index is 5.51. The Morgan fingerprint density at radius 3 is 3.08 bits per heavy atom. The Morgan fingerprint density at radius 2 is 2.42 bits per heavy atom. The summed E-state index contributed by atoms with van der Waals surface area (Å²) in [4.78, 5) is 4.28. The SMILES string of the molecule is CCCc1nsc(NCCCl)n1. The van der Waals surface area contributed by atoms with Crippen LogP contribution in [0.3, 0.4) is 0 Å². The van der Waals surface area contributed by atoms with E-state index in [1.54, 1.807) is 0 Å². The Balaban J connectivity index is 2.41. The Morgan fingerprint density at radius 1 is 1.58 bits per heavy atom. The molecule has 0 bridgehead atoms. The van der Waals surface area contributed by atoms with E-state index in [0.29, 0.717) is 5.88 Å². The summed E-state index contributed by atoms with van der Waals surface area (Å²) in [5.74, 6) is 1.53. The Kier molecular flexibility index (Phi) is 4.32. The normalized spacial score (nSPS) is 10.2. The van der Waals surface area contributed by atoms with Crippen LogP contribution >= 0.6 is 23.1 Å². The third-order valence-corrected chi connectivity index (χ3v) is 2.21. The second-order valence-electron chi connectivity index (χ2n) is 2.38. The topological polar surface area (TPSA) is 37.8 Å². The lowest BCUT2D eigenvalue weighted by Crippen LogP contribution is -2.01. The van der Waals surface area contributed by atoms with Crippen LogP contribution < -0.4 is 5.32 Å². The van der Waals surface area contributed by atoms with Crippen molar-refractivity contribution < 1.29 is 0 Å². The van der Waals surface area contributed by atoms with Gasteiger partial charge in [-0.15, -0.1) is 11.6 Å². The first-order chi connectivity index (χ1) is 5.86. The van der Waals surface area contributed by atoms with Crippen molar-refractivity contribution in [2.24, 2.45) is 0 Å². The molecule has 0 saturated heterocycles. The molecule has 1 aromatic heterocycles. The second-order valence-corrected chi connectivity index (χ2v) is 3.51. The summed E-state index contributed by atoms with van der Waals surface area (Å²) in [5, 5.41) is 3.96. The predicted molar refractivity (Wildman–Crippen MR) is 53.1 cm³/mol. The number of anilines is 1. The van der Waals surface area contributed by atoms with Gasteiger partial charge in [0.1, 0.15) is 5.82 Å². The molecule has 68 valence electrons. The van der Waals surface area contributed by atoms with Crippen molar-refractivity contribution in [2.45, 2.75) is 19.8 Å². The first-order valence-corrected chi connectivity index (χ1v) is 5.30. The first-order valence-electron chi connectivity index (χ1n) is 3.99. The predicted octanol–water partition coefficient (Wildman–Crippen LogP) is 2.14. The number of halogens is 1. The van der Waals surface area contributed by atoms with Crippen molar-refractivity contribution in [3.05, 3.63) is 5.82 Å². The third-order valence-electron chi connectivity index (χ3n) is 1.31. The number of alkyl halides is 1. The van der Waals surface area contributed by atoms with Gasteiger partial charge in [0, 0.05) is 30.4 Å². The minimum absolute atomic E-state index is 0.600.